The van der Waals surface area contributed by atoms with E-state index < -0.39 is 12.1 Å². The van der Waals surface area contributed by atoms with Crippen LogP contribution >= 0.6 is 0 Å². The maximum Gasteiger partial charge on any atom is 0.268 e. The van der Waals surface area contributed by atoms with Crippen molar-refractivity contribution in [3.8, 4) is 23.0 Å². The van der Waals surface area contributed by atoms with E-state index in [0.29, 0.717) is 34.5 Å². The van der Waals surface area contributed by atoms with E-state index in [0.717, 1.165) is 31.2 Å². The van der Waals surface area contributed by atoms with Gasteiger partial charge >= 0.3 is 0 Å². The van der Waals surface area contributed by atoms with Crippen molar-refractivity contribution >= 4 is 11.8 Å². The van der Waals surface area contributed by atoms with E-state index in [2.05, 4.69) is 5.32 Å². The van der Waals surface area contributed by atoms with Gasteiger partial charge in [-0.25, -0.2) is 0 Å². The minimum atomic E-state index is -1.00. The lowest BCUT2D eigenvalue weighted by molar-refractivity contribution is -0.150. The predicted octanol–water partition coefficient (Wildman–Crippen LogP) is 4.68. The molecule has 3 heterocycles. The molecule has 1 fully saturated rings. The van der Waals surface area contributed by atoms with Gasteiger partial charge in [0.05, 0.1) is 0 Å². The number of carbonyl (C=O) groups is 2. The lowest BCUT2D eigenvalue weighted by Gasteiger charge is -2.35. The molecule has 1 aliphatic carbocycles. The highest BCUT2D eigenvalue weighted by molar-refractivity contribution is 5.90. The number of nitrogens with one attached hydrogen (secondary N) is 1. The van der Waals surface area contributed by atoms with Gasteiger partial charge in [0.15, 0.2) is 29.0 Å². The van der Waals surface area contributed by atoms with E-state index in [1.807, 2.05) is 37.3 Å². The van der Waals surface area contributed by atoms with Gasteiger partial charge in [-0.05, 0) is 61.7 Å². The SMILES string of the molecule is Cc1ccc([C@H](C(=O)NC2CCCCC2)N(Cc2ccc3c(c2)OCO3)C(=O)[C@H]2COc3ccccc3O2)o1. The monoisotopic (exact) mass is 532 g/mol. The molecule has 1 saturated carbocycles. The molecule has 2 atom stereocenters. The van der Waals surface area contributed by atoms with Crippen molar-refractivity contribution in [2.45, 2.75) is 63.8 Å². The molecular weight excluding hydrogens is 500 g/mol. The number of amides is 2. The molecule has 3 aliphatic rings. The molecular formula is C30H32N2O7. The fourth-order valence-electron chi connectivity index (χ4n) is 5.41. The van der Waals surface area contributed by atoms with Crippen molar-refractivity contribution in [2.24, 2.45) is 0 Å². The number of carbonyl (C=O) groups excluding carboxylic acids is 2. The molecule has 9 nitrogen and oxygen atoms in total. The number of hydrogen-bond acceptors (Lipinski definition) is 7. The van der Waals surface area contributed by atoms with Crippen molar-refractivity contribution in [2.75, 3.05) is 13.4 Å². The van der Waals surface area contributed by atoms with E-state index in [9.17, 15) is 9.59 Å². The zero-order valence-corrected chi connectivity index (χ0v) is 21.9. The van der Waals surface area contributed by atoms with Crippen molar-refractivity contribution in [3.63, 3.8) is 0 Å². The molecule has 0 spiro atoms. The van der Waals surface area contributed by atoms with Crippen LogP contribution in [0, 0.1) is 6.92 Å². The van der Waals surface area contributed by atoms with E-state index in [4.69, 9.17) is 23.4 Å². The Morgan fingerprint density at radius 1 is 0.923 bits per heavy atom. The minimum Gasteiger partial charge on any atom is -0.485 e. The van der Waals surface area contributed by atoms with Crippen LogP contribution in [-0.4, -0.2) is 42.3 Å². The summed E-state index contributed by atoms with van der Waals surface area (Å²) < 4.78 is 28.9. The molecule has 2 aromatic carbocycles. The molecule has 0 saturated heterocycles. The minimum absolute atomic E-state index is 0.0294. The molecule has 1 aromatic heterocycles. The van der Waals surface area contributed by atoms with Crippen LogP contribution < -0.4 is 24.3 Å². The summed E-state index contributed by atoms with van der Waals surface area (Å²) in [5.41, 5.74) is 0.781. The van der Waals surface area contributed by atoms with Crippen LogP contribution in [-0.2, 0) is 16.1 Å². The Morgan fingerprint density at radius 2 is 1.69 bits per heavy atom. The highest BCUT2D eigenvalue weighted by atomic mass is 16.7. The van der Waals surface area contributed by atoms with Crippen LogP contribution in [0.5, 0.6) is 23.0 Å². The predicted molar refractivity (Wildman–Crippen MR) is 141 cm³/mol. The Kier molecular flexibility index (Phi) is 7.04. The van der Waals surface area contributed by atoms with Gasteiger partial charge in [-0.2, -0.15) is 0 Å². The smallest absolute Gasteiger partial charge is 0.268 e. The van der Waals surface area contributed by atoms with Crippen molar-refractivity contribution in [1.29, 1.82) is 0 Å². The Bertz CT molecular complexity index is 1350. The number of aryl methyl sites for hydroxylation is 1. The summed E-state index contributed by atoms with van der Waals surface area (Å²) in [6, 6.07) is 15.4. The first-order valence-corrected chi connectivity index (χ1v) is 13.5. The summed E-state index contributed by atoms with van der Waals surface area (Å²) in [6.07, 6.45) is 4.21. The largest absolute Gasteiger partial charge is 0.485 e. The second-order valence-corrected chi connectivity index (χ2v) is 10.2. The standard InChI is InChI=1S/C30H32N2O7/c1-19-11-13-25(38-19)28(29(33)31-21-7-3-2-4-8-21)32(16-20-12-14-23-26(15-20)37-18-36-23)30(34)27-17-35-22-9-5-6-10-24(22)39-27/h5-6,9-15,21,27-28H,2-4,7-8,16-18H2,1H3,(H,31,33)/t27-,28-/m1/s1. The van der Waals surface area contributed by atoms with Crippen LogP contribution in [0.25, 0.3) is 0 Å². The molecule has 39 heavy (non-hydrogen) atoms. The normalized spacial score (nSPS) is 18.8. The molecule has 0 unspecified atom stereocenters. The van der Waals surface area contributed by atoms with Crippen LogP contribution in [0.1, 0.15) is 55.2 Å². The van der Waals surface area contributed by atoms with Crippen molar-refractivity contribution in [1.82, 2.24) is 10.2 Å². The van der Waals surface area contributed by atoms with Gasteiger partial charge < -0.3 is 33.6 Å². The molecule has 0 bridgehead atoms. The second-order valence-electron chi connectivity index (χ2n) is 10.2. The molecule has 6 rings (SSSR count). The summed E-state index contributed by atoms with van der Waals surface area (Å²) in [5, 5.41) is 3.20. The first-order valence-electron chi connectivity index (χ1n) is 13.5. The van der Waals surface area contributed by atoms with Crippen LogP contribution in [0.3, 0.4) is 0 Å². The first-order chi connectivity index (χ1) is 19.0. The van der Waals surface area contributed by atoms with Crippen LogP contribution in [0.2, 0.25) is 0 Å². The Hall–Kier alpha value is -4.14. The molecule has 0 radical (unpaired) electrons. The van der Waals surface area contributed by atoms with Crippen molar-refractivity contribution in [3.05, 3.63) is 71.7 Å². The summed E-state index contributed by atoms with van der Waals surface area (Å²) in [6.45, 7) is 2.12. The number of benzene rings is 2. The van der Waals surface area contributed by atoms with E-state index in [1.54, 1.807) is 24.3 Å². The third kappa shape index (κ3) is 5.39. The van der Waals surface area contributed by atoms with E-state index in [1.165, 1.54) is 11.3 Å². The number of hydrogen-bond donors (Lipinski definition) is 1. The number of nitrogens with zero attached hydrogens (tertiary/aromatic N) is 1. The number of fused-ring (bicyclic) bond motifs is 2. The van der Waals surface area contributed by atoms with Gasteiger partial charge in [0, 0.05) is 12.6 Å². The van der Waals surface area contributed by atoms with Crippen molar-refractivity contribution < 1.29 is 33.0 Å². The Labute approximate surface area is 227 Å². The number of furan rings is 1. The maximum absolute atomic E-state index is 14.2. The highest BCUT2D eigenvalue weighted by Gasteiger charge is 2.40. The highest BCUT2D eigenvalue weighted by Crippen LogP contribution is 2.36. The van der Waals surface area contributed by atoms with Gasteiger partial charge in [0.2, 0.25) is 12.9 Å². The average molecular weight is 533 g/mol. The second kappa shape index (κ2) is 10.9. The Morgan fingerprint density at radius 3 is 2.49 bits per heavy atom. The fraction of sp³-hybridized carbons (Fsp3) is 0.400. The van der Waals surface area contributed by atoms with Gasteiger partial charge in [-0.15, -0.1) is 0 Å². The third-order valence-corrected chi connectivity index (χ3v) is 7.40. The maximum atomic E-state index is 14.2. The first kappa shape index (κ1) is 25.2. The molecule has 3 aromatic rings. The summed E-state index contributed by atoms with van der Waals surface area (Å²) in [7, 11) is 0. The van der Waals surface area contributed by atoms with Gasteiger partial charge in [-0.3, -0.25) is 9.59 Å². The number of ether oxygens (including phenoxy) is 4. The molecule has 2 aliphatic heterocycles. The molecule has 9 heteroatoms. The van der Waals surface area contributed by atoms with E-state index in [-0.39, 0.29) is 37.8 Å². The zero-order valence-electron chi connectivity index (χ0n) is 21.9. The fourth-order valence-corrected chi connectivity index (χ4v) is 5.41. The summed E-state index contributed by atoms with van der Waals surface area (Å²) in [5.74, 6) is 2.71. The average Bonchev–Trinajstić information content (AvgIpc) is 3.61. The number of rotatable bonds is 7. The lowest BCUT2D eigenvalue weighted by Crippen LogP contribution is -2.52. The van der Waals surface area contributed by atoms with E-state index >= 15 is 0 Å². The molecule has 2 amide bonds. The van der Waals surface area contributed by atoms with Crippen LogP contribution in [0.15, 0.2) is 59.0 Å². The summed E-state index contributed by atoms with van der Waals surface area (Å²) >= 11 is 0. The summed E-state index contributed by atoms with van der Waals surface area (Å²) in [4.78, 5) is 29.7. The lowest BCUT2D eigenvalue weighted by atomic mass is 9.95. The topological polar surface area (TPSA) is 99.5 Å². The molecule has 204 valence electrons. The number of para-hydroxylation sites is 2. The Balaban J connectivity index is 1.35. The van der Waals surface area contributed by atoms with Gasteiger partial charge in [0.1, 0.15) is 18.1 Å². The zero-order chi connectivity index (χ0) is 26.8. The van der Waals surface area contributed by atoms with Gasteiger partial charge in [-0.1, -0.05) is 37.5 Å². The molecule has 1 N–H and O–H groups in total. The van der Waals surface area contributed by atoms with Crippen LogP contribution in [0.4, 0.5) is 0 Å². The third-order valence-electron chi connectivity index (χ3n) is 7.40. The van der Waals surface area contributed by atoms with Gasteiger partial charge in [0.25, 0.3) is 11.8 Å². The quantitative estimate of drug-likeness (QED) is 0.472.